The van der Waals surface area contributed by atoms with E-state index in [1.54, 1.807) is 7.11 Å². The molecule has 0 bridgehead atoms. The van der Waals surface area contributed by atoms with Gasteiger partial charge in [0.2, 0.25) is 0 Å². The first-order valence-corrected chi connectivity index (χ1v) is 10.6. The van der Waals surface area contributed by atoms with E-state index in [0.717, 1.165) is 49.9 Å². The minimum atomic E-state index is 0.357. The fraction of sp³-hybridized carbons (Fsp3) is 0.375. The zero-order valence-corrected chi connectivity index (χ0v) is 18.0. The van der Waals surface area contributed by atoms with Gasteiger partial charge in [-0.15, -0.1) is 0 Å². The summed E-state index contributed by atoms with van der Waals surface area (Å²) in [5.74, 6) is 1.79. The quantitative estimate of drug-likeness (QED) is 0.434. The van der Waals surface area contributed by atoms with Crippen molar-refractivity contribution < 1.29 is 4.74 Å². The number of anilines is 1. The van der Waals surface area contributed by atoms with E-state index in [4.69, 9.17) is 4.74 Å². The second-order valence-corrected chi connectivity index (χ2v) is 7.77. The van der Waals surface area contributed by atoms with Crippen molar-refractivity contribution >= 4 is 22.5 Å². The van der Waals surface area contributed by atoms with Gasteiger partial charge in [0.25, 0.3) is 0 Å². The van der Waals surface area contributed by atoms with Crippen LogP contribution in [0.25, 0.3) is 10.9 Å². The lowest BCUT2D eigenvalue weighted by molar-refractivity contribution is 0.415. The van der Waals surface area contributed by atoms with Crippen LogP contribution >= 0.6 is 0 Å². The molecule has 0 spiro atoms. The predicted octanol–water partition coefficient (Wildman–Crippen LogP) is 3.47. The largest absolute Gasteiger partial charge is 0.495 e. The Morgan fingerprint density at radius 2 is 2.00 bits per heavy atom. The van der Waals surface area contributed by atoms with Crippen molar-refractivity contribution in [2.24, 2.45) is 4.99 Å². The maximum atomic E-state index is 5.52. The number of aryl methyl sites for hydroxylation is 1. The number of hydrogen-bond acceptors (Lipinski definition) is 3. The number of aliphatic imine (C=N–C) groups is 1. The van der Waals surface area contributed by atoms with Gasteiger partial charge in [0.15, 0.2) is 5.96 Å². The standard InChI is InChI=1S/C24H31N5O/c1-17-19(20-8-4-5-9-21(20)27-17)12-14-26-24(25-2)28-18-13-15-29(16-18)22-10-6-7-11-23(22)30-3/h4-11,18,27H,12-16H2,1-3H3,(H2,25,26,28). The van der Waals surface area contributed by atoms with Crippen molar-refractivity contribution in [2.45, 2.75) is 25.8 Å². The highest BCUT2D eigenvalue weighted by Gasteiger charge is 2.25. The van der Waals surface area contributed by atoms with Crippen molar-refractivity contribution in [2.75, 3.05) is 38.7 Å². The molecule has 30 heavy (non-hydrogen) atoms. The van der Waals surface area contributed by atoms with Crippen LogP contribution in [0.5, 0.6) is 5.75 Å². The number of para-hydroxylation sites is 3. The summed E-state index contributed by atoms with van der Waals surface area (Å²) in [6, 6.07) is 17.1. The van der Waals surface area contributed by atoms with Crippen LogP contribution in [0.4, 0.5) is 5.69 Å². The Morgan fingerprint density at radius 3 is 2.83 bits per heavy atom. The molecule has 0 aliphatic carbocycles. The van der Waals surface area contributed by atoms with Gasteiger partial charge >= 0.3 is 0 Å². The van der Waals surface area contributed by atoms with E-state index in [-0.39, 0.29) is 0 Å². The molecule has 1 saturated heterocycles. The van der Waals surface area contributed by atoms with Crippen molar-refractivity contribution in [1.82, 2.24) is 15.6 Å². The van der Waals surface area contributed by atoms with Crippen LogP contribution in [-0.2, 0) is 6.42 Å². The van der Waals surface area contributed by atoms with Gasteiger partial charge in [-0.2, -0.15) is 0 Å². The Balaban J connectivity index is 1.32. The Bertz CT molecular complexity index is 1030. The second kappa shape index (κ2) is 9.11. The van der Waals surface area contributed by atoms with E-state index in [1.165, 1.54) is 22.2 Å². The third-order valence-corrected chi connectivity index (χ3v) is 5.87. The lowest BCUT2D eigenvalue weighted by Gasteiger charge is -2.22. The summed E-state index contributed by atoms with van der Waals surface area (Å²) < 4.78 is 5.52. The van der Waals surface area contributed by atoms with Crippen molar-refractivity contribution in [3.05, 3.63) is 59.8 Å². The molecule has 2 aromatic carbocycles. The molecule has 0 saturated carbocycles. The average molecular weight is 406 g/mol. The monoisotopic (exact) mass is 405 g/mol. The van der Waals surface area contributed by atoms with Gasteiger partial charge in [0, 0.05) is 49.3 Å². The summed E-state index contributed by atoms with van der Waals surface area (Å²) in [6.07, 6.45) is 2.02. The molecule has 0 radical (unpaired) electrons. The number of aromatic amines is 1. The molecule has 2 heterocycles. The topological polar surface area (TPSA) is 64.7 Å². The van der Waals surface area contributed by atoms with E-state index in [0.29, 0.717) is 6.04 Å². The number of nitrogens with zero attached hydrogens (tertiary/aromatic N) is 2. The molecule has 1 unspecified atom stereocenters. The van der Waals surface area contributed by atoms with E-state index in [1.807, 2.05) is 19.2 Å². The molecule has 6 heteroatoms. The van der Waals surface area contributed by atoms with Crippen LogP contribution in [0, 0.1) is 6.92 Å². The summed E-state index contributed by atoms with van der Waals surface area (Å²) in [7, 11) is 3.56. The molecule has 1 aliphatic heterocycles. The van der Waals surface area contributed by atoms with Crippen molar-refractivity contribution in [1.29, 1.82) is 0 Å². The number of ether oxygens (including phenoxy) is 1. The lowest BCUT2D eigenvalue weighted by Crippen LogP contribution is -2.45. The Kier molecular flexibility index (Phi) is 6.12. The maximum absolute atomic E-state index is 5.52. The van der Waals surface area contributed by atoms with Gasteiger partial charge in [0.1, 0.15) is 5.75 Å². The third-order valence-electron chi connectivity index (χ3n) is 5.87. The molecule has 158 valence electrons. The summed E-state index contributed by atoms with van der Waals surface area (Å²) in [4.78, 5) is 10.3. The molecular formula is C24H31N5O. The Labute approximate surface area is 178 Å². The number of methoxy groups -OCH3 is 1. The van der Waals surface area contributed by atoms with Gasteiger partial charge in [-0.05, 0) is 43.5 Å². The fourth-order valence-electron chi connectivity index (χ4n) is 4.34. The highest BCUT2D eigenvalue weighted by molar-refractivity contribution is 5.85. The number of hydrogen-bond donors (Lipinski definition) is 3. The molecule has 3 N–H and O–H groups in total. The van der Waals surface area contributed by atoms with Gasteiger partial charge in [-0.25, -0.2) is 0 Å². The predicted molar refractivity (Wildman–Crippen MR) is 125 cm³/mol. The number of rotatable bonds is 6. The second-order valence-electron chi connectivity index (χ2n) is 7.77. The molecule has 0 amide bonds. The van der Waals surface area contributed by atoms with Crippen LogP contribution in [0.3, 0.4) is 0 Å². The molecule has 1 aliphatic rings. The number of benzene rings is 2. The van der Waals surface area contributed by atoms with Crippen LogP contribution in [0.2, 0.25) is 0 Å². The van der Waals surface area contributed by atoms with E-state index in [2.05, 4.69) is 68.8 Å². The molecule has 1 aromatic heterocycles. The SMILES string of the molecule is CN=C(NCCc1c(C)[nH]c2ccccc12)NC1CCN(c2ccccc2OC)C1. The zero-order chi connectivity index (χ0) is 20.9. The van der Waals surface area contributed by atoms with Crippen LogP contribution < -0.4 is 20.3 Å². The van der Waals surface area contributed by atoms with E-state index < -0.39 is 0 Å². The van der Waals surface area contributed by atoms with Gasteiger partial charge in [0.05, 0.1) is 12.8 Å². The van der Waals surface area contributed by atoms with Crippen molar-refractivity contribution in [3.63, 3.8) is 0 Å². The van der Waals surface area contributed by atoms with E-state index >= 15 is 0 Å². The number of aromatic nitrogens is 1. The van der Waals surface area contributed by atoms with Gasteiger partial charge in [-0.3, -0.25) is 4.99 Å². The lowest BCUT2D eigenvalue weighted by atomic mass is 10.1. The van der Waals surface area contributed by atoms with Crippen LogP contribution in [-0.4, -0.2) is 50.8 Å². The summed E-state index contributed by atoms with van der Waals surface area (Å²) in [5.41, 5.74) is 4.97. The smallest absolute Gasteiger partial charge is 0.191 e. The molecule has 1 fully saturated rings. The number of H-pyrrole nitrogens is 1. The van der Waals surface area contributed by atoms with Gasteiger partial charge in [-0.1, -0.05) is 30.3 Å². The molecule has 3 aromatic rings. The molecule has 4 rings (SSSR count). The van der Waals surface area contributed by atoms with E-state index in [9.17, 15) is 0 Å². The average Bonchev–Trinajstić information content (AvgIpc) is 3.37. The molecule has 6 nitrogen and oxygen atoms in total. The van der Waals surface area contributed by atoms with Gasteiger partial charge < -0.3 is 25.3 Å². The Morgan fingerprint density at radius 1 is 1.20 bits per heavy atom. The Hall–Kier alpha value is -3.15. The summed E-state index contributed by atoms with van der Waals surface area (Å²) >= 11 is 0. The third kappa shape index (κ3) is 4.22. The number of guanidine groups is 1. The summed E-state index contributed by atoms with van der Waals surface area (Å²) in [5, 5.41) is 8.38. The first-order chi connectivity index (χ1) is 14.7. The minimum Gasteiger partial charge on any atom is -0.495 e. The van der Waals surface area contributed by atoms with Crippen LogP contribution in [0.15, 0.2) is 53.5 Å². The first kappa shape index (κ1) is 20.1. The maximum Gasteiger partial charge on any atom is 0.191 e. The molecular weight excluding hydrogens is 374 g/mol. The number of nitrogens with one attached hydrogen (secondary N) is 3. The minimum absolute atomic E-state index is 0.357. The highest BCUT2D eigenvalue weighted by Crippen LogP contribution is 2.30. The number of fused-ring (bicyclic) bond motifs is 1. The zero-order valence-electron chi connectivity index (χ0n) is 18.0. The fourth-order valence-corrected chi connectivity index (χ4v) is 4.34. The van der Waals surface area contributed by atoms with Crippen LogP contribution in [0.1, 0.15) is 17.7 Å². The summed E-state index contributed by atoms with van der Waals surface area (Å²) in [6.45, 7) is 4.92. The van der Waals surface area contributed by atoms with Crippen molar-refractivity contribution in [3.8, 4) is 5.75 Å². The molecule has 1 atom stereocenters. The highest BCUT2D eigenvalue weighted by atomic mass is 16.5. The first-order valence-electron chi connectivity index (χ1n) is 10.6. The normalized spacial score (nSPS) is 16.8.